The number of rotatable bonds is 2. The summed E-state index contributed by atoms with van der Waals surface area (Å²) in [7, 11) is 0. The highest BCUT2D eigenvalue weighted by Gasteiger charge is 2.38. The summed E-state index contributed by atoms with van der Waals surface area (Å²) in [5.41, 5.74) is 0.854. The van der Waals surface area contributed by atoms with E-state index in [1.807, 2.05) is 6.92 Å². The van der Waals surface area contributed by atoms with Gasteiger partial charge in [-0.05, 0) is 56.5 Å². The first-order valence-corrected chi connectivity index (χ1v) is 6.96. The molecule has 3 atom stereocenters. The van der Waals surface area contributed by atoms with Crippen LogP contribution in [-0.2, 0) is 0 Å². The van der Waals surface area contributed by atoms with Gasteiger partial charge in [0.25, 0.3) is 0 Å². The largest absolute Gasteiger partial charge is 0.316 e. The van der Waals surface area contributed by atoms with Crippen molar-refractivity contribution in [2.45, 2.75) is 19.9 Å². The van der Waals surface area contributed by atoms with E-state index in [9.17, 15) is 8.78 Å². The molecule has 1 aromatic carbocycles. The highest BCUT2D eigenvalue weighted by Crippen LogP contribution is 2.34. The van der Waals surface area contributed by atoms with E-state index in [1.54, 1.807) is 6.92 Å². The summed E-state index contributed by atoms with van der Waals surface area (Å²) in [6, 6.07) is 2.61. The Morgan fingerprint density at radius 1 is 1.16 bits per heavy atom. The van der Waals surface area contributed by atoms with Crippen molar-refractivity contribution < 1.29 is 8.78 Å². The molecule has 19 heavy (non-hydrogen) atoms. The molecule has 0 saturated carbocycles. The quantitative estimate of drug-likeness (QED) is 0.884. The minimum Gasteiger partial charge on any atom is -0.316 e. The Balaban J connectivity index is 1.81. The standard InChI is InChI=1S/C15H20F2N2/c1-9-3-15(17)13(4-14(9)16)10(2)19-7-11-5-18-6-12(11)8-19/h3-4,10-12,18H,5-8H2,1-2H3/t10?,11-,12+. The molecule has 0 spiro atoms. The zero-order valence-electron chi connectivity index (χ0n) is 11.4. The van der Waals surface area contributed by atoms with E-state index in [1.165, 1.54) is 12.1 Å². The molecule has 2 saturated heterocycles. The van der Waals surface area contributed by atoms with Crippen LogP contribution >= 0.6 is 0 Å². The average molecular weight is 266 g/mol. The summed E-state index contributed by atoms with van der Waals surface area (Å²) in [4.78, 5) is 2.28. The smallest absolute Gasteiger partial charge is 0.128 e. The molecule has 2 aliphatic rings. The molecule has 1 unspecified atom stereocenters. The van der Waals surface area contributed by atoms with Crippen LogP contribution in [0.4, 0.5) is 8.78 Å². The fourth-order valence-corrected chi connectivity index (χ4v) is 3.39. The first-order valence-electron chi connectivity index (χ1n) is 6.96. The lowest BCUT2D eigenvalue weighted by Crippen LogP contribution is -2.29. The molecular formula is C15H20F2N2. The van der Waals surface area contributed by atoms with Gasteiger partial charge >= 0.3 is 0 Å². The van der Waals surface area contributed by atoms with Gasteiger partial charge in [0.15, 0.2) is 0 Å². The summed E-state index contributed by atoms with van der Waals surface area (Å²) in [6.07, 6.45) is 0. The van der Waals surface area contributed by atoms with Crippen LogP contribution in [0, 0.1) is 30.4 Å². The van der Waals surface area contributed by atoms with Gasteiger partial charge in [0.2, 0.25) is 0 Å². The number of likely N-dealkylation sites (tertiary alicyclic amines) is 1. The van der Waals surface area contributed by atoms with Gasteiger partial charge in [-0.3, -0.25) is 4.90 Å². The molecule has 1 N–H and O–H groups in total. The van der Waals surface area contributed by atoms with Gasteiger partial charge in [-0.2, -0.15) is 0 Å². The summed E-state index contributed by atoms with van der Waals surface area (Å²) in [5, 5.41) is 3.39. The topological polar surface area (TPSA) is 15.3 Å². The molecule has 0 radical (unpaired) electrons. The van der Waals surface area contributed by atoms with Crippen LogP contribution in [0.2, 0.25) is 0 Å². The zero-order valence-corrected chi connectivity index (χ0v) is 11.4. The Morgan fingerprint density at radius 3 is 2.42 bits per heavy atom. The van der Waals surface area contributed by atoms with Gasteiger partial charge in [-0.1, -0.05) is 0 Å². The van der Waals surface area contributed by atoms with Crippen molar-refractivity contribution in [3.05, 3.63) is 34.9 Å². The molecule has 0 bridgehead atoms. The van der Waals surface area contributed by atoms with E-state index in [2.05, 4.69) is 10.2 Å². The van der Waals surface area contributed by atoms with Crippen molar-refractivity contribution in [3.8, 4) is 0 Å². The van der Waals surface area contributed by atoms with Crippen molar-refractivity contribution in [1.82, 2.24) is 10.2 Å². The highest BCUT2D eigenvalue weighted by molar-refractivity contribution is 5.27. The molecule has 104 valence electrons. The predicted molar refractivity (Wildman–Crippen MR) is 70.9 cm³/mol. The van der Waals surface area contributed by atoms with Crippen LogP contribution in [0.25, 0.3) is 0 Å². The number of benzene rings is 1. The lowest BCUT2D eigenvalue weighted by atomic mass is 10.0. The van der Waals surface area contributed by atoms with Crippen LogP contribution in [0.15, 0.2) is 12.1 Å². The molecule has 2 nitrogen and oxygen atoms in total. The zero-order chi connectivity index (χ0) is 13.6. The van der Waals surface area contributed by atoms with Gasteiger partial charge in [0.05, 0.1) is 0 Å². The van der Waals surface area contributed by atoms with Gasteiger partial charge in [0, 0.05) is 24.7 Å². The number of hydrogen-bond acceptors (Lipinski definition) is 2. The van der Waals surface area contributed by atoms with Crippen molar-refractivity contribution >= 4 is 0 Å². The van der Waals surface area contributed by atoms with E-state index in [0.29, 0.717) is 23.0 Å². The molecule has 2 aliphatic heterocycles. The fraction of sp³-hybridized carbons (Fsp3) is 0.600. The van der Waals surface area contributed by atoms with Gasteiger partial charge < -0.3 is 5.32 Å². The van der Waals surface area contributed by atoms with E-state index >= 15 is 0 Å². The number of aryl methyl sites for hydroxylation is 1. The van der Waals surface area contributed by atoms with Crippen molar-refractivity contribution in [2.24, 2.45) is 11.8 Å². The van der Waals surface area contributed by atoms with E-state index in [0.717, 1.165) is 26.2 Å². The molecular weight excluding hydrogens is 246 g/mol. The minimum atomic E-state index is -0.315. The van der Waals surface area contributed by atoms with E-state index in [4.69, 9.17) is 0 Å². The molecule has 2 fully saturated rings. The van der Waals surface area contributed by atoms with E-state index in [-0.39, 0.29) is 17.7 Å². The molecule has 1 aromatic rings. The molecule has 3 rings (SSSR count). The van der Waals surface area contributed by atoms with Crippen molar-refractivity contribution in [2.75, 3.05) is 26.2 Å². The maximum Gasteiger partial charge on any atom is 0.128 e. The summed E-state index contributed by atoms with van der Waals surface area (Å²) < 4.78 is 27.7. The summed E-state index contributed by atoms with van der Waals surface area (Å²) in [6.45, 7) is 7.64. The predicted octanol–water partition coefficient (Wildman–Crippen LogP) is 2.49. The second-order valence-corrected chi connectivity index (χ2v) is 5.93. The Morgan fingerprint density at radius 2 is 1.79 bits per heavy atom. The Kier molecular flexibility index (Phi) is 3.31. The number of nitrogens with zero attached hydrogens (tertiary/aromatic N) is 1. The first kappa shape index (κ1) is 13.0. The Labute approximate surface area is 112 Å². The highest BCUT2D eigenvalue weighted by atomic mass is 19.1. The normalized spacial score (nSPS) is 28.6. The maximum absolute atomic E-state index is 14.0. The molecule has 0 aliphatic carbocycles. The third-order valence-electron chi connectivity index (χ3n) is 4.69. The lowest BCUT2D eigenvalue weighted by Gasteiger charge is -2.26. The van der Waals surface area contributed by atoms with Gasteiger partial charge in [-0.25, -0.2) is 8.78 Å². The lowest BCUT2D eigenvalue weighted by molar-refractivity contribution is 0.238. The van der Waals surface area contributed by atoms with Crippen LogP contribution in [0.3, 0.4) is 0 Å². The van der Waals surface area contributed by atoms with Crippen molar-refractivity contribution in [3.63, 3.8) is 0 Å². The monoisotopic (exact) mass is 266 g/mol. The third kappa shape index (κ3) is 2.28. The van der Waals surface area contributed by atoms with Gasteiger partial charge in [-0.15, -0.1) is 0 Å². The van der Waals surface area contributed by atoms with Crippen LogP contribution in [-0.4, -0.2) is 31.1 Å². The first-order chi connectivity index (χ1) is 9.06. The number of fused-ring (bicyclic) bond motifs is 1. The van der Waals surface area contributed by atoms with Crippen LogP contribution in [0.1, 0.15) is 24.1 Å². The summed E-state index contributed by atoms with van der Waals surface area (Å²) in [5.74, 6) is 0.729. The molecule has 4 heteroatoms. The van der Waals surface area contributed by atoms with Crippen molar-refractivity contribution in [1.29, 1.82) is 0 Å². The number of hydrogen-bond donors (Lipinski definition) is 1. The summed E-state index contributed by atoms with van der Waals surface area (Å²) >= 11 is 0. The fourth-order valence-electron chi connectivity index (χ4n) is 3.39. The Hall–Kier alpha value is -1.00. The Bertz CT molecular complexity index is 477. The van der Waals surface area contributed by atoms with Gasteiger partial charge in [0.1, 0.15) is 11.6 Å². The van der Waals surface area contributed by atoms with Crippen LogP contribution < -0.4 is 5.32 Å². The molecule has 2 heterocycles. The number of nitrogens with one attached hydrogen (secondary N) is 1. The third-order valence-corrected chi connectivity index (χ3v) is 4.69. The molecule has 0 aromatic heterocycles. The average Bonchev–Trinajstić information content (AvgIpc) is 2.93. The second kappa shape index (κ2) is 4.84. The minimum absolute atomic E-state index is 0.0549. The second-order valence-electron chi connectivity index (χ2n) is 5.93. The SMILES string of the molecule is Cc1cc(F)c(C(C)N2C[C@H]3CNC[C@H]3C2)cc1F. The van der Waals surface area contributed by atoms with E-state index < -0.39 is 0 Å². The van der Waals surface area contributed by atoms with Crippen LogP contribution in [0.5, 0.6) is 0 Å². The number of halogens is 2. The molecule has 0 amide bonds. The maximum atomic E-state index is 14.0.